The number of rotatable bonds is 10. The fourth-order valence-corrected chi connectivity index (χ4v) is 10.0. The second-order valence-electron chi connectivity index (χ2n) is 17.2. The van der Waals surface area contributed by atoms with E-state index in [0.717, 1.165) is 86.9 Å². The van der Waals surface area contributed by atoms with Gasteiger partial charge in [-0.2, -0.15) is 0 Å². The molecule has 0 spiro atoms. The SMILES string of the molecule is CN(C1CCN(CCN2CCN(c3ccc4c(c3)C(=O)N(C3CCC(=O)NC3=O)C4=O)CC2)CC1)C1CC(Oc2ccc(-c3ccc4c5cnccc5n(C)c4c3)cn2)C1. The number of fused-ring (bicyclic) bond motifs is 4. The van der Waals surface area contributed by atoms with Crippen molar-refractivity contribution < 1.29 is 23.9 Å². The Morgan fingerprint density at radius 1 is 0.750 bits per heavy atom. The van der Waals surface area contributed by atoms with Crippen LogP contribution in [0.25, 0.3) is 32.9 Å². The molecule has 3 saturated heterocycles. The molecule has 1 unspecified atom stereocenters. The van der Waals surface area contributed by atoms with Crippen molar-refractivity contribution in [2.45, 2.75) is 62.8 Å². The summed E-state index contributed by atoms with van der Waals surface area (Å²) < 4.78 is 8.54. The first-order chi connectivity index (χ1) is 29.2. The number of hydrogen-bond donors (Lipinski definition) is 1. The Morgan fingerprint density at radius 3 is 2.25 bits per heavy atom. The van der Waals surface area contributed by atoms with Gasteiger partial charge in [0.05, 0.1) is 16.6 Å². The van der Waals surface area contributed by atoms with E-state index in [0.29, 0.717) is 29.1 Å². The Morgan fingerprint density at radius 2 is 1.50 bits per heavy atom. The van der Waals surface area contributed by atoms with Crippen molar-refractivity contribution in [1.82, 2.24) is 39.5 Å². The molecule has 1 N–H and O–H groups in total. The van der Waals surface area contributed by atoms with Crippen LogP contribution in [0.4, 0.5) is 5.69 Å². The first kappa shape index (κ1) is 38.5. The molecule has 60 heavy (non-hydrogen) atoms. The molecule has 3 aromatic heterocycles. The van der Waals surface area contributed by atoms with Gasteiger partial charge in [0.15, 0.2) is 0 Å². The van der Waals surface area contributed by atoms with Crippen molar-refractivity contribution in [2.24, 2.45) is 7.05 Å². The van der Waals surface area contributed by atoms with E-state index in [2.05, 4.69) is 83.9 Å². The predicted molar refractivity (Wildman–Crippen MR) is 228 cm³/mol. The average molecular weight is 810 g/mol. The van der Waals surface area contributed by atoms with Crippen molar-refractivity contribution in [3.8, 4) is 17.0 Å². The summed E-state index contributed by atoms with van der Waals surface area (Å²) in [5.74, 6) is -1.22. The molecule has 0 radical (unpaired) electrons. The van der Waals surface area contributed by atoms with Crippen LogP contribution >= 0.6 is 0 Å². The van der Waals surface area contributed by atoms with Crippen LogP contribution in [0.15, 0.2) is 73.2 Å². The largest absolute Gasteiger partial charge is 0.474 e. The van der Waals surface area contributed by atoms with E-state index in [9.17, 15) is 19.2 Å². The Labute approximate surface area is 349 Å². The van der Waals surface area contributed by atoms with Gasteiger partial charge in [-0.15, -0.1) is 0 Å². The summed E-state index contributed by atoms with van der Waals surface area (Å²) in [5, 5.41) is 4.63. The number of anilines is 1. The molecule has 2 aromatic carbocycles. The predicted octanol–water partition coefficient (Wildman–Crippen LogP) is 4.32. The highest BCUT2D eigenvalue weighted by atomic mass is 16.5. The Hall–Kier alpha value is -5.70. The second kappa shape index (κ2) is 15.7. The minimum absolute atomic E-state index is 0.105. The molecule has 4 amide bonds. The van der Waals surface area contributed by atoms with Crippen LogP contribution in [0.3, 0.4) is 0 Å². The second-order valence-corrected chi connectivity index (χ2v) is 17.2. The first-order valence-electron chi connectivity index (χ1n) is 21.4. The summed E-state index contributed by atoms with van der Waals surface area (Å²) in [6.07, 6.45) is 10.6. The lowest BCUT2D eigenvalue weighted by atomic mass is 9.86. The van der Waals surface area contributed by atoms with E-state index in [1.807, 2.05) is 30.7 Å². The molecular weight excluding hydrogens is 759 g/mol. The zero-order valence-electron chi connectivity index (χ0n) is 34.3. The van der Waals surface area contributed by atoms with Gasteiger partial charge in [-0.05, 0) is 81.4 Å². The Balaban J connectivity index is 0.643. The summed E-state index contributed by atoms with van der Waals surface area (Å²) in [5.41, 5.74) is 6.11. The number of piperidine rings is 2. The molecule has 5 aromatic rings. The number of carbonyl (C=O) groups is 4. The summed E-state index contributed by atoms with van der Waals surface area (Å²) in [6, 6.07) is 18.3. The Bertz CT molecular complexity index is 2480. The molecule has 1 saturated carbocycles. The van der Waals surface area contributed by atoms with Crippen LogP contribution in [0.2, 0.25) is 0 Å². The van der Waals surface area contributed by atoms with Gasteiger partial charge in [-0.25, -0.2) is 4.98 Å². The summed E-state index contributed by atoms with van der Waals surface area (Å²) >= 11 is 0. The topological polar surface area (TPSA) is 136 Å². The third-order valence-corrected chi connectivity index (χ3v) is 13.8. The van der Waals surface area contributed by atoms with E-state index in [4.69, 9.17) is 4.74 Å². The van der Waals surface area contributed by atoms with Crippen LogP contribution in [-0.4, -0.2) is 141 Å². The van der Waals surface area contributed by atoms with E-state index in [1.165, 1.54) is 34.6 Å². The van der Waals surface area contributed by atoms with Gasteiger partial charge >= 0.3 is 0 Å². The van der Waals surface area contributed by atoms with E-state index in [1.54, 1.807) is 12.1 Å². The third kappa shape index (κ3) is 7.09. The number of nitrogens with zero attached hydrogens (tertiary/aromatic N) is 8. The first-order valence-corrected chi connectivity index (χ1v) is 21.4. The maximum atomic E-state index is 13.3. The molecule has 10 rings (SSSR count). The lowest BCUT2D eigenvalue weighted by molar-refractivity contribution is -0.136. The standard InChI is InChI=1S/C46H51N9O5/c1-50(33-24-34(25-33)60-43-10-4-30(27-48-43)29-3-6-35-38-28-47-14-11-39(38)51(2)41(35)23-29)31-12-15-52(16-13-31)17-18-53-19-21-54(22-20-53)32-5-7-36-37(26-32)46(59)55(45(36)58)40-8-9-42(56)49-44(40)57/h3-7,10-11,14,23,26-28,31,33-34,40H,8-9,12-13,15-22,24-25H2,1-2H3,(H,49,56,57). The number of likely N-dealkylation sites (tertiary alicyclic amines) is 1. The van der Waals surface area contributed by atoms with Crippen LogP contribution < -0.4 is 15.0 Å². The number of hydrogen-bond acceptors (Lipinski definition) is 11. The number of nitrogens with one attached hydrogen (secondary N) is 1. The highest BCUT2D eigenvalue weighted by Gasteiger charge is 2.45. The van der Waals surface area contributed by atoms with Gasteiger partial charge < -0.3 is 24.0 Å². The Kier molecular flexibility index (Phi) is 10.1. The van der Waals surface area contributed by atoms with E-state index >= 15 is 0 Å². The van der Waals surface area contributed by atoms with Gasteiger partial charge in [0.1, 0.15) is 12.1 Å². The van der Waals surface area contributed by atoms with Crippen LogP contribution in [0, 0.1) is 0 Å². The van der Waals surface area contributed by atoms with Gasteiger partial charge in [-0.3, -0.25) is 39.3 Å². The number of carbonyl (C=O) groups excluding carboxylic acids is 4. The molecular formula is C46H51N9O5. The van der Waals surface area contributed by atoms with Crippen LogP contribution in [0.1, 0.15) is 59.2 Å². The fraction of sp³-hybridized carbons (Fsp3) is 0.435. The number of piperazine rings is 1. The van der Waals surface area contributed by atoms with Gasteiger partial charge in [-0.1, -0.05) is 12.1 Å². The molecule has 14 nitrogen and oxygen atoms in total. The molecule has 5 aliphatic rings. The smallest absolute Gasteiger partial charge is 0.262 e. The monoisotopic (exact) mass is 809 g/mol. The van der Waals surface area contributed by atoms with Crippen molar-refractivity contribution in [3.05, 3.63) is 84.3 Å². The van der Waals surface area contributed by atoms with Gasteiger partial charge in [0.2, 0.25) is 17.7 Å². The highest BCUT2D eigenvalue weighted by molar-refractivity contribution is 6.23. The molecule has 4 aliphatic heterocycles. The average Bonchev–Trinajstić information content (AvgIpc) is 3.69. The number of aromatic nitrogens is 3. The normalized spacial score (nSPS) is 23.1. The minimum atomic E-state index is -0.956. The molecule has 1 aliphatic carbocycles. The van der Waals surface area contributed by atoms with Gasteiger partial charge in [0, 0.05) is 130 Å². The zero-order chi connectivity index (χ0) is 41.1. The maximum absolute atomic E-state index is 13.3. The third-order valence-electron chi connectivity index (χ3n) is 13.8. The fourth-order valence-electron chi connectivity index (χ4n) is 10.0. The lowest BCUT2D eigenvalue weighted by Crippen LogP contribution is -2.54. The highest BCUT2D eigenvalue weighted by Crippen LogP contribution is 2.35. The molecule has 14 heteroatoms. The van der Waals surface area contributed by atoms with Crippen molar-refractivity contribution in [3.63, 3.8) is 0 Å². The van der Waals surface area contributed by atoms with Crippen molar-refractivity contribution in [2.75, 3.05) is 64.3 Å². The summed E-state index contributed by atoms with van der Waals surface area (Å²) in [7, 11) is 4.39. The van der Waals surface area contributed by atoms with Crippen molar-refractivity contribution in [1.29, 1.82) is 0 Å². The minimum Gasteiger partial charge on any atom is -0.474 e. The quantitative estimate of drug-likeness (QED) is 0.202. The summed E-state index contributed by atoms with van der Waals surface area (Å²) in [4.78, 5) is 70.5. The molecule has 7 heterocycles. The molecule has 0 bridgehead atoms. The summed E-state index contributed by atoms with van der Waals surface area (Å²) in [6.45, 7) is 7.83. The number of aryl methyl sites for hydroxylation is 1. The number of benzene rings is 2. The van der Waals surface area contributed by atoms with Gasteiger partial charge in [0.25, 0.3) is 11.8 Å². The number of imide groups is 2. The van der Waals surface area contributed by atoms with E-state index in [-0.39, 0.29) is 24.9 Å². The van der Waals surface area contributed by atoms with Crippen LogP contribution in [0.5, 0.6) is 5.88 Å². The number of amides is 4. The van der Waals surface area contributed by atoms with Crippen LogP contribution in [-0.2, 0) is 16.6 Å². The maximum Gasteiger partial charge on any atom is 0.262 e. The lowest BCUT2D eigenvalue weighted by Gasteiger charge is -2.46. The zero-order valence-corrected chi connectivity index (χ0v) is 34.3. The van der Waals surface area contributed by atoms with Crippen molar-refractivity contribution >= 4 is 51.1 Å². The molecule has 310 valence electrons. The van der Waals surface area contributed by atoms with E-state index < -0.39 is 23.8 Å². The number of pyridine rings is 2. The molecule has 1 atom stereocenters. The molecule has 4 fully saturated rings. The number of ether oxygens (including phenoxy) is 1.